The van der Waals surface area contributed by atoms with Gasteiger partial charge in [0.15, 0.2) is 12.2 Å². The molecule has 0 aromatic heterocycles. The molecule has 4 rings (SSSR count). The van der Waals surface area contributed by atoms with Crippen LogP contribution in [0.4, 0.5) is 23.2 Å². The highest BCUT2D eigenvalue weighted by molar-refractivity contribution is 6.31. The van der Waals surface area contributed by atoms with E-state index in [0.29, 0.717) is 5.56 Å². The van der Waals surface area contributed by atoms with E-state index in [4.69, 9.17) is 21.4 Å². The van der Waals surface area contributed by atoms with Crippen LogP contribution in [0, 0.1) is 5.82 Å². The number of hydrogen-bond acceptors (Lipinski definition) is 4. The lowest BCUT2D eigenvalue weighted by atomic mass is 9.77. The van der Waals surface area contributed by atoms with Crippen molar-refractivity contribution in [2.45, 2.75) is 24.6 Å². The van der Waals surface area contributed by atoms with Gasteiger partial charge in [0.2, 0.25) is 0 Å². The molecule has 0 unspecified atom stereocenters. The lowest BCUT2D eigenvalue weighted by Gasteiger charge is -2.38. The summed E-state index contributed by atoms with van der Waals surface area (Å²) < 4.78 is 62.7. The summed E-state index contributed by atoms with van der Waals surface area (Å²) >= 11 is 6.35. The van der Waals surface area contributed by atoms with E-state index in [1.807, 2.05) is 0 Å². The van der Waals surface area contributed by atoms with E-state index in [0.717, 1.165) is 24.3 Å². The Balaban J connectivity index is 1.75. The van der Waals surface area contributed by atoms with Crippen LogP contribution in [-0.2, 0) is 10.4 Å². The van der Waals surface area contributed by atoms with Crippen molar-refractivity contribution in [3.8, 4) is 16.9 Å². The first-order valence-electron chi connectivity index (χ1n) is 10.9. The Hall–Kier alpha value is -3.63. The zero-order chi connectivity index (χ0) is 27.3. The molecule has 0 bridgehead atoms. The van der Waals surface area contributed by atoms with E-state index < -0.39 is 40.6 Å². The number of likely N-dealkylation sites (N-methyl/N-ethyl adjacent to an activating group) is 1. The molecule has 3 aromatic rings. The van der Waals surface area contributed by atoms with Gasteiger partial charge in [0.25, 0.3) is 5.91 Å². The predicted octanol–water partition coefficient (Wildman–Crippen LogP) is 5.75. The van der Waals surface area contributed by atoms with Crippen molar-refractivity contribution in [2.75, 3.05) is 18.6 Å². The van der Waals surface area contributed by atoms with Crippen molar-refractivity contribution in [3.05, 3.63) is 82.1 Å². The maximum Gasteiger partial charge on any atom is 0.422 e. The highest BCUT2D eigenvalue weighted by Crippen LogP contribution is 2.51. The number of rotatable bonds is 5. The van der Waals surface area contributed by atoms with E-state index in [2.05, 4.69) is 0 Å². The molecule has 0 aliphatic carbocycles. The number of anilines is 1. The standard InChI is InChI=1S/C26H20ClF4NO5/c1-13(17-6-3-14(9-19(17)27)15-4-7-18(24(34)35)20(28)10-15)25(36,26(29,30)31)16-5-8-21-22(11-16)37-12-23(33)32(21)2/h3-11,13,36H,12H2,1-2H3,(H,34,35)/t13-,25-/m1/s1. The summed E-state index contributed by atoms with van der Waals surface area (Å²) in [5.74, 6) is -4.37. The fourth-order valence-corrected chi connectivity index (χ4v) is 4.67. The predicted molar refractivity (Wildman–Crippen MR) is 128 cm³/mol. The summed E-state index contributed by atoms with van der Waals surface area (Å²) in [7, 11) is 1.46. The quantitative estimate of drug-likeness (QED) is 0.405. The molecule has 1 aliphatic rings. The second-order valence-electron chi connectivity index (χ2n) is 8.65. The van der Waals surface area contributed by atoms with Crippen LogP contribution in [0.25, 0.3) is 11.1 Å². The van der Waals surface area contributed by atoms with Gasteiger partial charge in [-0.2, -0.15) is 13.2 Å². The topological polar surface area (TPSA) is 87.1 Å². The molecule has 2 atom stereocenters. The minimum Gasteiger partial charge on any atom is -0.482 e. The first-order chi connectivity index (χ1) is 17.3. The molecule has 0 saturated carbocycles. The highest BCUT2D eigenvalue weighted by Gasteiger charge is 2.59. The van der Waals surface area contributed by atoms with Crippen LogP contribution in [0.1, 0.15) is 34.3 Å². The van der Waals surface area contributed by atoms with Crippen molar-refractivity contribution < 1.29 is 42.1 Å². The SMILES string of the molecule is C[C@H](c1ccc(-c2ccc(C(=O)O)c(F)c2)cc1Cl)[C@@](O)(c1ccc2c(c1)OCC(=O)N2C)C(F)(F)F. The van der Waals surface area contributed by atoms with Gasteiger partial charge in [-0.15, -0.1) is 0 Å². The number of carbonyl (C=O) groups is 2. The first-order valence-corrected chi connectivity index (χ1v) is 11.3. The van der Waals surface area contributed by atoms with Crippen molar-refractivity contribution in [3.63, 3.8) is 0 Å². The molecule has 37 heavy (non-hydrogen) atoms. The van der Waals surface area contributed by atoms with E-state index in [1.54, 1.807) is 0 Å². The molecule has 1 heterocycles. The normalized spacial score (nSPS) is 16.0. The molecule has 0 fully saturated rings. The van der Waals surface area contributed by atoms with Crippen molar-refractivity contribution in [1.82, 2.24) is 0 Å². The molecular formula is C26H20ClF4NO5. The lowest BCUT2D eigenvalue weighted by molar-refractivity contribution is -0.274. The number of nitrogens with zero attached hydrogens (tertiary/aromatic N) is 1. The Morgan fingerprint density at radius 2 is 1.73 bits per heavy atom. The summed E-state index contributed by atoms with van der Waals surface area (Å²) in [5.41, 5.74) is -3.58. The van der Waals surface area contributed by atoms with Crippen LogP contribution in [0.5, 0.6) is 5.75 Å². The number of carboxylic acid groups (broad SMARTS) is 1. The van der Waals surface area contributed by atoms with Gasteiger partial charge in [0.1, 0.15) is 11.6 Å². The average Bonchev–Trinajstić information content (AvgIpc) is 2.84. The van der Waals surface area contributed by atoms with Gasteiger partial charge in [0.05, 0.1) is 11.3 Å². The monoisotopic (exact) mass is 537 g/mol. The molecule has 0 radical (unpaired) electrons. The summed E-state index contributed by atoms with van der Waals surface area (Å²) in [4.78, 5) is 24.1. The number of aliphatic hydroxyl groups is 1. The number of alkyl halides is 3. The van der Waals surface area contributed by atoms with Crippen LogP contribution < -0.4 is 9.64 Å². The minimum absolute atomic E-state index is 0.0164. The molecule has 11 heteroatoms. The first kappa shape index (κ1) is 26.4. The van der Waals surface area contributed by atoms with Gasteiger partial charge in [-0.25, -0.2) is 9.18 Å². The number of benzene rings is 3. The third-order valence-corrected chi connectivity index (χ3v) is 6.87. The van der Waals surface area contributed by atoms with Gasteiger partial charge in [-0.3, -0.25) is 4.79 Å². The van der Waals surface area contributed by atoms with Gasteiger partial charge < -0.3 is 19.8 Å². The Morgan fingerprint density at radius 1 is 1.08 bits per heavy atom. The maximum atomic E-state index is 14.4. The van der Waals surface area contributed by atoms with Crippen LogP contribution >= 0.6 is 11.6 Å². The number of ether oxygens (including phenoxy) is 1. The number of aromatic carboxylic acids is 1. The largest absolute Gasteiger partial charge is 0.482 e. The molecule has 3 aromatic carbocycles. The molecule has 0 spiro atoms. The molecule has 2 N–H and O–H groups in total. The fraction of sp³-hybridized carbons (Fsp3) is 0.231. The summed E-state index contributed by atoms with van der Waals surface area (Å²) in [6.07, 6.45) is -5.13. The van der Waals surface area contributed by atoms with Crippen LogP contribution in [0.15, 0.2) is 54.6 Å². The molecular weight excluding hydrogens is 518 g/mol. The zero-order valence-corrected chi connectivity index (χ0v) is 20.2. The van der Waals surface area contributed by atoms with Crippen LogP contribution in [0.2, 0.25) is 5.02 Å². The molecule has 0 saturated heterocycles. The van der Waals surface area contributed by atoms with E-state index in [1.165, 1.54) is 49.2 Å². The minimum atomic E-state index is -5.13. The van der Waals surface area contributed by atoms with Gasteiger partial charge in [0, 0.05) is 18.0 Å². The molecule has 6 nitrogen and oxygen atoms in total. The summed E-state index contributed by atoms with van der Waals surface area (Å²) in [6.45, 7) is 0.819. The average molecular weight is 538 g/mol. The smallest absolute Gasteiger partial charge is 0.422 e. The number of fused-ring (bicyclic) bond motifs is 1. The number of carboxylic acids is 1. The second-order valence-corrected chi connectivity index (χ2v) is 9.05. The van der Waals surface area contributed by atoms with Gasteiger partial charge in [-0.05, 0) is 52.6 Å². The summed E-state index contributed by atoms with van der Waals surface area (Å²) in [6, 6.07) is 10.8. The van der Waals surface area contributed by atoms with Crippen LogP contribution in [-0.4, -0.2) is 41.9 Å². The van der Waals surface area contributed by atoms with Crippen molar-refractivity contribution in [2.24, 2.45) is 0 Å². The van der Waals surface area contributed by atoms with Gasteiger partial charge >= 0.3 is 12.1 Å². The molecule has 194 valence electrons. The maximum absolute atomic E-state index is 14.4. The third-order valence-electron chi connectivity index (χ3n) is 6.55. The number of carbonyl (C=O) groups excluding carboxylic acids is 1. The fourth-order valence-electron chi connectivity index (χ4n) is 4.32. The van der Waals surface area contributed by atoms with Crippen molar-refractivity contribution >= 4 is 29.2 Å². The Morgan fingerprint density at radius 3 is 2.32 bits per heavy atom. The van der Waals surface area contributed by atoms with Gasteiger partial charge in [-0.1, -0.05) is 42.8 Å². The second kappa shape index (κ2) is 9.35. The van der Waals surface area contributed by atoms with E-state index >= 15 is 0 Å². The van der Waals surface area contributed by atoms with E-state index in [-0.39, 0.29) is 40.1 Å². The lowest BCUT2D eigenvalue weighted by Crippen LogP contribution is -2.46. The Kier molecular flexibility index (Phi) is 6.68. The zero-order valence-electron chi connectivity index (χ0n) is 19.4. The number of amides is 1. The highest BCUT2D eigenvalue weighted by atomic mass is 35.5. The van der Waals surface area contributed by atoms with E-state index in [9.17, 15) is 32.3 Å². The third kappa shape index (κ3) is 4.51. The Bertz CT molecular complexity index is 1410. The number of hydrogen-bond donors (Lipinski definition) is 2. The molecule has 1 amide bonds. The summed E-state index contributed by atoms with van der Waals surface area (Å²) in [5, 5.41) is 20.0. The Labute approximate surface area is 213 Å². The van der Waals surface area contributed by atoms with Crippen molar-refractivity contribution in [1.29, 1.82) is 0 Å². The number of halogens is 5. The van der Waals surface area contributed by atoms with Crippen LogP contribution in [0.3, 0.4) is 0 Å². The molecule has 1 aliphatic heterocycles.